The van der Waals surface area contributed by atoms with E-state index in [1.54, 1.807) is 0 Å². The quantitative estimate of drug-likeness (QED) is 0.846. The molecule has 2 aliphatic rings. The summed E-state index contributed by atoms with van der Waals surface area (Å²) in [4.78, 5) is 2.67. The molecule has 2 atom stereocenters. The summed E-state index contributed by atoms with van der Waals surface area (Å²) in [7, 11) is 0. The van der Waals surface area contributed by atoms with Crippen LogP contribution in [-0.2, 0) is 4.74 Å². The van der Waals surface area contributed by atoms with Crippen molar-refractivity contribution in [2.45, 2.75) is 69.5 Å². The molecular formula is C15H30N2OS. The van der Waals surface area contributed by atoms with E-state index in [2.05, 4.69) is 44.4 Å². The molecule has 2 N–H and O–H groups in total. The lowest BCUT2D eigenvalue weighted by molar-refractivity contribution is -0.102. The smallest absolute Gasteiger partial charge is 0.0568 e. The maximum absolute atomic E-state index is 6.21. The fourth-order valence-corrected chi connectivity index (χ4v) is 4.79. The first kappa shape index (κ1) is 15.6. The minimum atomic E-state index is 0.165. The van der Waals surface area contributed by atoms with Gasteiger partial charge in [-0.15, -0.1) is 0 Å². The number of nitrogens with zero attached hydrogens (tertiary/aromatic N) is 1. The van der Waals surface area contributed by atoms with Gasteiger partial charge in [0, 0.05) is 35.7 Å². The number of nitrogens with two attached hydrogens (primary N) is 1. The Morgan fingerprint density at radius 1 is 1.21 bits per heavy atom. The minimum absolute atomic E-state index is 0.165. The fraction of sp³-hybridized carbons (Fsp3) is 1.00. The molecule has 0 bridgehead atoms. The highest BCUT2D eigenvalue weighted by Crippen LogP contribution is 2.38. The second kappa shape index (κ2) is 5.92. The average molecular weight is 286 g/mol. The first-order valence-electron chi connectivity index (χ1n) is 7.61. The Hall–Kier alpha value is 0.230. The number of rotatable bonds is 2. The lowest BCUT2D eigenvalue weighted by Crippen LogP contribution is -2.60. The normalized spacial score (nSPS) is 40.9. The average Bonchev–Trinajstić information content (AvgIpc) is 2.49. The van der Waals surface area contributed by atoms with Crippen LogP contribution < -0.4 is 5.73 Å². The van der Waals surface area contributed by atoms with Crippen LogP contribution in [0.2, 0.25) is 0 Å². The van der Waals surface area contributed by atoms with Crippen LogP contribution in [0.4, 0.5) is 0 Å². The summed E-state index contributed by atoms with van der Waals surface area (Å²) in [5.41, 5.74) is 6.37. The Morgan fingerprint density at radius 2 is 1.84 bits per heavy atom. The Labute approximate surface area is 122 Å². The summed E-state index contributed by atoms with van der Waals surface area (Å²) in [6.45, 7) is 12.2. The lowest BCUT2D eigenvalue weighted by Gasteiger charge is -2.49. The van der Waals surface area contributed by atoms with Crippen molar-refractivity contribution in [3.8, 4) is 0 Å². The van der Waals surface area contributed by atoms with Crippen LogP contribution in [-0.4, -0.2) is 52.8 Å². The molecule has 2 aliphatic heterocycles. The van der Waals surface area contributed by atoms with Gasteiger partial charge in [0.25, 0.3) is 0 Å². The maximum Gasteiger partial charge on any atom is 0.0568 e. The van der Waals surface area contributed by atoms with E-state index in [4.69, 9.17) is 10.5 Å². The highest BCUT2D eigenvalue weighted by molar-refractivity contribution is 8.00. The van der Waals surface area contributed by atoms with Gasteiger partial charge in [0.15, 0.2) is 0 Å². The Morgan fingerprint density at radius 3 is 2.42 bits per heavy atom. The van der Waals surface area contributed by atoms with Crippen molar-refractivity contribution in [2.24, 2.45) is 5.73 Å². The summed E-state index contributed by atoms with van der Waals surface area (Å²) in [6.07, 6.45) is 4.08. The predicted octanol–water partition coefficient (Wildman–Crippen LogP) is 2.49. The zero-order valence-electron chi connectivity index (χ0n) is 12.9. The summed E-state index contributed by atoms with van der Waals surface area (Å²) in [6, 6.07) is 0. The third-order valence-electron chi connectivity index (χ3n) is 4.69. The number of thioether (sulfide) groups is 1. The molecule has 0 aromatic heterocycles. The van der Waals surface area contributed by atoms with Crippen molar-refractivity contribution in [3.05, 3.63) is 0 Å². The van der Waals surface area contributed by atoms with E-state index in [-0.39, 0.29) is 5.54 Å². The molecule has 4 heteroatoms. The van der Waals surface area contributed by atoms with Crippen molar-refractivity contribution in [1.82, 2.24) is 4.90 Å². The van der Waals surface area contributed by atoms with Gasteiger partial charge in [0.1, 0.15) is 0 Å². The summed E-state index contributed by atoms with van der Waals surface area (Å²) >= 11 is 2.11. The fourth-order valence-electron chi connectivity index (χ4n) is 3.69. The molecule has 0 saturated carbocycles. The van der Waals surface area contributed by atoms with E-state index >= 15 is 0 Å². The molecule has 0 aromatic rings. The lowest BCUT2D eigenvalue weighted by atomic mass is 9.82. The molecule has 3 nitrogen and oxygen atoms in total. The monoisotopic (exact) mass is 286 g/mol. The Balaban J connectivity index is 2.12. The SMILES string of the molecule is CC1CC(CN)(N2CCSC(C)(C)CC2)CC(C)O1. The van der Waals surface area contributed by atoms with Crippen molar-refractivity contribution in [2.75, 3.05) is 25.4 Å². The zero-order valence-corrected chi connectivity index (χ0v) is 13.8. The van der Waals surface area contributed by atoms with Crippen LogP contribution in [0, 0.1) is 0 Å². The molecule has 2 unspecified atom stereocenters. The predicted molar refractivity (Wildman–Crippen MR) is 83.8 cm³/mol. The van der Waals surface area contributed by atoms with Gasteiger partial charge in [-0.2, -0.15) is 11.8 Å². The molecule has 2 heterocycles. The van der Waals surface area contributed by atoms with Crippen molar-refractivity contribution >= 4 is 11.8 Å². The van der Waals surface area contributed by atoms with E-state index in [0.717, 1.165) is 19.4 Å². The summed E-state index contributed by atoms with van der Waals surface area (Å²) < 4.78 is 6.33. The first-order valence-corrected chi connectivity index (χ1v) is 8.60. The first-order chi connectivity index (χ1) is 8.87. The third kappa shape index (κ3) is 3.66. The topological polar surface area (TPSA) is 38.5 Å². The van der Waals surface area contributed by atoms with Crippen LogP contribution in [0.1, 0.15) is 47.0 Å². The van der Waals surface area contributed by atoms with Gasteiger partial charge >= 0.3 is 0 Å². The van der Waals surface area contributed by atoms with Gasteiger partial charge < -0.3 is 10.5 Å². The second-order valence-electron chi connectivity index (χ2n) is 6.94. The molecule has 2 rings (SSSR count). The van der Waals surface area contributed by atoms with Gasteiger partial charge in [0.05, 0.1) is 12.2 Å². The van der Waals surface area contributed by atoms with Crippen LogP contribution in [0.5, 0.6) is 0 Å². The number of hydrogen-bond donors (Lipinski definition) is 1. The van der Waals surface area contributed by atoms with Crippen LogP contribution >= 0.6 is 11.8 Å². The Bertz CT molecular complexity index is 299. The van der Waals surface area contributed by atoms with Crippen molar-refractivity contribution < 1.29 is 4.74 Å². The second-order valence-corrected chi connectivity index (χ2v) is 8.74. The Kier molecular flexibility index (Phi) is 4.87. The molecule has 2 fully saturated rings. The zero-order chi connectivity index (χ0) is 14.1. The van der Waals surface area contributed by atoms with E-state index in [0.29, 0.717) is 17.0 Å². The van der Waals surface area contributed by atoms with E-state index in [9.17, 15) is 0 Å². The van der Waals surface area contributed by atoms with Gasteiger partial charge in [-0.25, -0.2) is 0 Å². The standard InChI is InChI=1S/C15H30N2OS/c1-12-9-15(11-16,10-13(2)18-12)17-6-5-14(3,4)19-8-7-17/h12-13H,5-11,16H2,1-4H3. The van der Waals surface area contributed by atoms with Gasteiger partial charge in [0.2, 0.25) is 0 Å². The third-order valence-corrected chi connectivity index (χ3v) is 6.06. The summed E-state index contributed by atoms with van der Waals surface area (Å²) in [5, 5.41) is 0. The molecule has 0 amide bonds. The van der Waals surface area contributed by atoms with E-state index in [1.807, 2.05) is 0 Å². The molecule has 0 aromatic carbocycles. The maximum atomic E-state index is 6.21. The van der Waals surface area contributed by atoms with Gasteiger partial charge in [-0.3, -0.25) is 4.90 Å². The molecule has 0 radical (unpaired) electrons. The van der Waals surface area contributed by atoms with Crippen molar-refractivity contribution in [3.63, 3.8) is 0 Å². The molecule has 19 heavy (non-hydrogen) atoms. The molecular weight excluding hydrogens is 256 g/mol. The van der Waals surface area contributed by atoms with Crippen LogP contribution in [0.25, 0.3) is 0 Å². The molecule has 0 spiro atoms. The van der Waals surface area contributed by atoms with Crippen LogP contribution in [0.3, 0.4) is 0 Å². The van der Waals surface area contributed by atoms with E-state index in [1.165, 1.54) is 25.3 Å². The highest BCUT2D eigenvalue weighted by atomic mass is 32.2. The van der Waals surface area contributed by atoms with E-state index < -0.39 is 0 Å². The highest BCUT2D eigenvalue weighted by Gasteiger charge is 2.43. The largest absolute Gasteiger partial charge is 0.375 e. The minimum Gasteiger partial charge on any atom is -0.375 e. The molecule has 0 aliphatic carbocycles. The molecule has 112 valence electrons. The molecule has 2 saturated heterocycles. The van der Waals surface area contributed by atoms with Gasteiger partial charge in [-0.1, -0.05) is 13.8 Å². The summed E-state index contributed by atoms with van der Waals surface area (Å²) in [5.74, 6) is 1.22. The number of hydrogen-bond acceptors (Lipinski definition) is 4. The van der Waals surface area contributed by atoms with Crippen LogP contribution in [0.15, 0.2) is 0 Å². The van der Waals surface area contributed by atoms with Crippen molar-refractivity contribution in [1.29, 1.82) is 0 Å². The number of ether oxygens (including phenoxy) is 1. The van der Waals surface area contributed by atoms with Gasteiger partial charge in [-0.05, 0) is 33.1 Å².